The second kappa shape index (κ2) is 4.56. The molecule has 4 heteroatoms. The second-order valence-electron chi connectivity index (χ2n) is 3.10. The molecule has 0 bridgehead atoms. The molecule has 1 aliphatic rings. The van der Waals surface area contributed by atoms with Crippen molar-refractivity contribution < 1.29 is 17.0 Å². The van der Waals surface area contributed by atoms with E-state index < -0.39 is 0 Å². The van der Waals surface area contributed by atoms with Gasteiger partial charge in [-0.2, -0.15) is 0 Å². The monoisotopic (exact) mass is 214 g/mol. The summed E-state index contributed by atoms with van der Waals surface area (Å²) in [5.41, 5.74) is 6.52. The van der Waals surface area contributed by atoms with Gasteiger partial charge in [-0.3, -0.25) is 0 Å². The molecule has 0 saturated carbocycles. The molecule has 1 rings (SSSR count). The first-order chi connectivity index (χ1) is 6.09. The van der Waals surface area contributed by atoms with E-state index in [1.165, 1.54) is 5.57 Å². The van der Waals surface area contributed by atoms with Gasteiger partial charge in [-0.1, -0.05) is 0 Å². The van der Waals surface area contributed by atoms with Crippen LogP contribution in [0.5, 0.6) is 0 Å². The zero-order valence-electron chi connectivity index (χ0n) is 7.62. The van der Waals surface area contributed by atoms with Crippen LogP contribution in [0.4, 0.5) is 0 Å². The molecule has 0 aromatic rings. The van der Waals surface area contributed by atoms with Gasteiger partial charge in [-0.05, 0) is 0 Å². The molecule has 0 atom stereocenters. The third kappa shape index (κ3) is 3.31. The summed E-state index contributed by atoms with van der Waals surface area (Å²) < 4.78 is 1.13. The molecule has 3 N–H and O–H groups in total. The SMILES string of the molecule is CN1CC=C([C](=[V])C=CC(=N)N)C1. The first-order valence-electron chi connectivity index (χ1n) is 4.05. The summed E-state index contributed by atoms with van der Waals surface area (Å²) in [5, 5.41) is 7.04. The average molecular weight is 214 g/mol. The standard InChI is InChI=1S/C9H13N3.V/c1-12-6-5-8(7-12)3-2-4-9(10)11;/h2,4-5H,6-7H2,1H3,(H3,10,11);. The molecule has 0 saturated heterocycles. The number of nitrogens with one attached hydrogen (secondary N) is 1. The Morgan fingerprint density at radius 2 is 2.38 bits per heavy atom. The van der Waals surface area contributed by atoms with Crippen LogP contribution >= 0.6 is 0 Å². The van der Waals surface area contributed by atoms with Gasteiger partial charge in [-0.15, -0.1) is 0 Å². The van der Waals surface area contributed by atoms with Gasteiger partial charge in [0.05, 0.1) is 0 Å². The van der Waals surface area contributed by atoms with Gasteiger partial charge in [0.1, 0.15) is 0 Å². The molecular formula is C9H13N3V. The molecule has 1 aliphatic heterocycles. The fourth-order valence-electron chi connectivity index (χ4n) is 1.15. The molecule has 0 aliphatic carbocycles. The van der Waals surface area contributed by atoms with Crippen LogP contribution in [0.2, 0.25) is 0 Å². The van der Waals surface area contributed by atoms with Crippen LogP contribution < -0.4 is 5.73 Å². The van der Waals surface area contributed by atoms with Gasteiger partial charge in [0, 0.05) is 0 Å². The van der Waals surface area contributed by atoms with E-state index in [9.17, 15) is 0 Å². The number of nitrogens with zero attached hydrogens (tertiary/aromatic N) is 1. The molecule has 0 aromatic carbocycles. The van der Waals surface area contributed by atoms with Crippen molar-refractivity contribution >= 4 is 10.1 Å². The molecule has 0 fully saturated rings. The van der Waals surface area contributed by atoms with Gasteiger partial charge in [0.15, 0.2) is 0 Å². The third-order valence-electron chi connectivity index (χ3n) is 1.84. The van der Waals surface area contributed by atoms with Gasteiger partial charge >= 0.3 is 87.0 Å². The van der Waals surface area contributed by atoms with Crippen molar-refractivity contribution in [3.8, 4) is 0 Å². The van der Waals surface area contributed by atoms with E-state index >= 15 is 0 Å². The van der Waals surface area contributed by atoms with Gasteiger partial charge in [0.25, 0.3) is 0 Å². The quantitative estimate of drug-likeness (QED) is 0.516. The maximum atomic E-state index is 7.04. The molecule has 3 nitrogen and oxygen atoms in total. The van der Waals surface area contributed by atoms with E-state index in [1.54, 1.807) is 6.08 Å². The number of rotatable bonds is 3. The van der Waals surface area contributed by atoms with Crippen molar-refractivity contribution in [1.29, 1.82) is 5.41 Å². The average Bonchev–Trinajstić information content (AvgIpc) is 2.47. The van der Waals surface area contributed by atoms with Crippen molar-refractivity contribution in [2.45, 2.75) is 0 Å². The summed E-state index contributed by atoms with van der Waals surface area (Å²) in [6.07, 6.45) is 5.66. The molecule has 13 heavy (non-hydrogen) atoms. The summed E-state index contributed by atoms with van der Waals surface area (Å²) in [7, 11) is 2.08. The molecule has 0 amide bonds. The summed E-state index contributed by atoms with van der Waals surface area (Å²) >= 11 is 2.51. The van der Waals surface area contributed by atoms with Crippen molar-refractivity contribution in [2.75, 3.05) is 20.1 Å². The number of hydrogen-bond donors (Lipinski definition) is 2. The first kappa shape index (κ1) is 10.4. The predicted octanol–water partition coefficient (Wildman–Crippen LogP) is 0.0696. The topological polar surface area (TPSA) is 53.1 Å². The van der Waals surface area contributed by atoms with Gasteiger partial charge < -0.3 is 0 Å². The molecule has 1 heterocycles. The van der Waals surface area contributed by atoms with Gasteiger partial charge in [-0.25, -0.2) is 0 Å². The second-order valence-corrected chi connectivity index (χ2v) is 3.85. The Bertz CT molecular complexity index is 291. The molecular weight excluding hydrogens is 201 g/mol. The van der Waals surface area contributed by atoms with Crippen LogP contribution in [-0.4, -0.2) is 35.1 Å². The fraction of sp³-hybridized carbons (Fsp3) is 0.333. The molecule has 0 aromatic heterocycles. The van der Waals surface area contributed by atoms with E-state index in [-0.39, 0.29) is 5.84 Å². The van der Waals surface area contributed by atoms with Crippen LogP contribution in [0.3, 0.4) is 0 Å². The number of amidine groups is 1. The molecule has 0 radical (unpaired) electrons. The van der Waals surface area contributed by atoms with Crippen molar-refractivity contribution in [3.05, 3.63) is 23.8 Å². The van der Waals surface area contributed by atoms with Crippen LogP contribution in [0.1, 0.15) is 0 Å². The Labute approximate surface area is 87.3 Å². The van der Waals surface area contributed by atoms with Crippen LogP contribution in [-0.2, 0) is 17.0 Å². The summed E-state index contributed by atoms with van der Waals surface area (Å²) in [4.78, 5) is 2.23. The minimum atomic E-state index is 0.0931. The Balaban J connectivity index is 2.54. The first-order valence-corrected chi connectivity index (χ1v) is 4.75. The van der Waals surface area contributed by atoms with Crippen molar-refractivity contribution in [1.82, 2.24) is 4.90 Å². The summed E-state index contributed by atoms with van der Waals surface area (Å²) in [5.74, 6) is 0.0931. The van der Waals surface area contributed by atoms with Crippen LogP contribution in [0, 0.1) is 5.41 Å². The predicted molar refractivity (Wildman–Crippen MR) is 51.6 cm³/mol. The Morgan fingerprint density at radius 3 is 2.85 bits per heavy atom. The maximum absolute atomic E-state index is 7.04. The van der Waals surface area contributed by atoms with E-state index in [1.807, 2.05) is 6.08 Å². The Hall–Kier alpha value is -0.636. The van der Waals surface area contributed by atoms with Crippen molar-refractivity contribution in [2.24, 2.45) is 5.73 Å². The molecule has 0 unspecified atom stereocenters. The van der Waals surface area contributed by atoms with E-state index in [4.69, 9.17) is 11.1 Å². The Morgan fingerprint density at radius 1 is 1.69 bits per heavy atom. The van der Waals surface area contributed by atoms with E-state index in [2.05, 4.69) is 35.0 Å². The minimum absolute atomic E-state index is 0.0931. The molecule has 69 valence electrons. The van der Waals surface area contributed by atoms with Crippen molar-refractivity contribution in [3.63, 3.8) is 0 Å². The normalized spacial score (nSPS) is 17.7. The number of allylic oxidation sites excluding steroid dienone is 1. The van der Waals surface area contributed by atoms with E-state index in [0.29, 0.717) is 0 Å². The summed E-state index contributed by atoms with van der Waals surface area (Å²) in [6, 6.07) is 0. The van der Waals surface area contributed by atoms with Crippen LogP contribution in [0.25, 0.3) is 0 Å². The Kier molecular flexibility index (Phi) is 3.66. The third-order valence-corrected chi connectivity index (χ3v) is 2.52. The zero-order chi connectivity index (χ0) is 9.84. The van der Waals surface area contributed by atoms with Crippen LogP contribution in [0.15, 0.2) is 23.8 Å². The zero-order valence-corrected chi connectivity index (χ0v) is 9.01. The summed E-state index contributed by atoms with van der Waals surface area (Å²) in [6.45, 7) is 1.98. The number of likely N-dealkylation sites (N-methyl/N-ethyl adjacent to an activating group) is 1. The number of hydrogen-bond acceptors (Lipinski definition) is 2. The van der Waals surface area contributed by atoms with Gasteiger partial charge in [0.2, 0.25) is 0 Å². The van der Waals surface area contributed by atoms with E-state index in [0.717, 1.165) is 17.3 Å². The fourth-order valence-corrected chi connectivity index (χ4v) is 1.52. The number of nitrogens with two attached hydrogens (primary N) is 1. The molecule has 0 spiro atoms.